The maximum absolute atomic E-state index is 12.4. The maximum Gasteiger partial charge on any atom is 0.475 e. The van der Waals surface area contributed by atoms with Crippen molar-refractivity contribution in [2.75, 3.05) is 0 Å². The number of rotatable bonds is 7. The number of amides is 1. The highest BCUT2D eigenvalue weighted by atomic mass is 16.4. The average molecular weight is 381 g/mol. The topological polar surface area (TPSA) is 103 Å². The molecule has 28 heavy (non-hydrogen) atoms. The molecule has 0 saturated carbocycles. The molecule has 0 fully saturated rings. The third-order valence-electron chi connectivity index (χ3n) is 4.73. The molecule has 1 unspecified atom stereocenters. The van der Waals surface area contributed by atoms with E-state index in [0.29, 0.717) is 5.58 Å². The highest BCUT2D eigenvalue weighted by Crippen LogP contribution is 2.22. The van der Waals surface area contributed by atoms with Gasteiger partial charge in [-0.1, -0.05) is 42.5 Å². The molecule has 1 amide bonds. The highest BCUT2D eigenvalue weighted by Gasteiger charge is 2.27. The molecule has 0 radical (unpaired) electrons. The van der Waals surface area contributed by atoms with Crippen molar-refractivity contribution < 1.29 is 24.4 Å². The zero-order chi connectivity index (χ0) is 20.3. The van der Waals surface area contributed by atoms with E-state index in [9.17, 15) is 19.9 Å². The first-order chi connectivity index (χ1) is 13.2. The number of fused-ring (bicyclic) bond motifs is 1. The summed E-state index contributed by atoms with van der Waals surface area (Å²) in [6, 6.07) is 14.6. The number of para-hydroxylation sites is 1. The van der Waals surface area contributed by atoms with E-state index in [1.165, 1.54) is 0 Å². The number of carbonyl (C=O) groups is 1. The Bertz CT molecular complexity index is 943. The van der Waals surface area contributed by atoms with Gasteiger partial charge in [-0.2, -0.15) is 0 Å². The van der Waals surface area contributed by atoms with Crippen molar-refractivity contribution in [1.82, 2.24) is 5.32 Å². The molecule has 6 nitrogen and oxygen atoms in total. The first kappa shape index (κ1) is 20.1. The molecule has 1 aromatic heterocycles. The van der Waals surface area contributed by atoms with E-state index in [4.69, 9.17) is 4.42 Å². The molecule has 1 heterocycles. The van der Waals surface area contributed by atoms with Crippen LogP contribution in [0.4, 0.5) is 0 Å². The van der Waals surface area contributed by atoms with Crippen LogP contribution < -0.4 is 5.32 Å². The second kappa shape index (κ2) is 8.18. The molecular formula is C21H24BNO5. The Morgan fingerprint density at radius 1 is 1.14 bits per heavy atom. The van der Waals surface area contributed by atoms with Gasteiger partial charge >= 0.3 is 7.12 Å². The van der Waals surface area contributed by atoms with Crippen LogP contribution in [0.5, 0.6) is 0 Å². The fourth-order valence-corrected chi connectivity index (χ4v) is 3.13. The SMILES string of the molecule is CC(C)(O)c1ccc(CC(=O)NC(Cc2coc3ccccc23)B(O)O)cc1. The second-order valence-electron chi connectivity index (χ2n) is 7.48. The Balaban J connectivity index is 1.66. The van der Waals surface area contributed by atoms with Crippen molar-refractivity contribution >= 4 is 24.0 Å². The van der Waals surface area contributed by atoms with Gasteiger partial charge in [0, 0.05) is 5.39 Å². The summed E-state index contributed by atoms with van der Waals surface area (Å²) in [5.74, 6) is -1.17. The number of benzene rings is 2. The lowest BCUT2D eigenvalue weighted by Crippen LogP contribution is -2.48. The van der Waals surface area contributed by atoms with Gasteiger partial charge < -0.3 is 24.9 Å². The Morgan fingerprint density at radius 3 is 2.46 bits per heavy atom. The zero-order valence-corrected chi connectivity index (χ0v) is 15.9. The quantitative estimate of drug-likeness (QED) is 0.469. The van der Waals surface area contributed by atoms with Gasteiger partial charge in [-0.25, -0.2) is 0 Å². The summed E-state index contributed by atoms with van der Waals surface area (Å²) < 4.78 is 5.47. The first-order valence-corrected chi connectivity index (χ1v) is 9.16. The fraction of sp³-hybridized carbons (Fsp3) is 0.286. The molecular weight excluding hydrogens is 357 g/mol. The lowest BCUT2D eigenvalue weighted by atomic mass is 9.75. The van der Waals surface area contributed by atoms with E-state index < -0.39 is 18.7 Å². The van der Waals surface area contributed by atoms with Crippen LogP contribution in [0.15, 0.2) is 59.2 Å². The molecule has 0 aliphatic carbocycles. The van der Waals surface area contributed by atoms with Crippen molar-refractivity contribution in [2.24, 2.45) is 0 Å². The molecule has 0 spiro atoms. The zero-order valence-electron chi connectivity index (χ0n) is 15.9. The molecule has 1 atom stereocenters. The molecule has 0 aliphatic rings. The van der Waals surface area contributed by atoms with Gasteiger partial charge in [-0.3, -0.25) is 4.79 Å². The number of nitrogens with one attached hydrogen (secondary N) is 1. The Hall–Kier alpha value is -2.61. The van der Waals surface area contributed by atoms with Gasteiger partial charge in [0.2, 0.25) is 5.91 Å². The van der Waals surface area contributed by atoms with Crippen LogP contribution in [0, 0.1) is 0 Å². The highest BCUT2D eigenvalue weighted by molar-refractivity contribution is 6.43. The summed E-state index contributed by atoms with van der Waals surface area (Å²) in [7, 11) is -1.70. The number of carbonyl (C=O) groups excluding carboxylic acids is 1. The van der Waals surface area contributed by atoms with E-state index in [-0.39, 0.29) is 18.7 Å². The first-order valence-electron chi connectivity index (χ1n) is 9.16. The van der Waals surface area contributed by atoms with E-state index in [1.807, 2.05) is 24.3 Å². The number of hydrogen-bond acceptors (Lipinski definition) is 5. The summed E-state index contributed by atoms with van der Waals surface area (Å²) in [5.41, 5.74) is 2.09. The molecule has 146 valence electrons. The molecule has 3 rings (SSSR count). The molecule has 7 heteroatoms. The van der Waals surface area contributed by atoms with Crippen LogP contribution in [0.1, 0.15) is 30.5 Å². The van der Waals surface area contributed by atoms with Crippen molar-refractivity contribution in [3.63, 3.8) is 0 Å². The Morgan fingerprint density at radius 2 is 1.82 bits per heavy atom. The van der Waals surface area contributed by atoms with E-state index >= 15 is 0 Å². The van der Waals surface area contributed by atoms with Crippen LogP contribution in [-0.4, -0.2) is 34.1 Å². The summed E-state index contributed by atoms with van der Waals surface area (Å²) in [6.07, 6.45) is 1.90. The summed E-state index contributed by atoms with van der Waals surface area (Å²) in [6.45, 7) is 3.39. The molecule has 3 aromatic rings. The van der Waals surface area contributed by atoms with E-state index in [0.717, 1.165) is 22.1 Å². The van der Waals surface area contributed by atoms with Crippen molar-refractivity contribution in [3.8, 4) is 0 Å². The summed E-state index contributed by atoms with van der Waals surface area (Å²) in [4.78, 5) is 12.4. The summed E-state index contributed by atoms with van der Waals surface area (Å²) >= 11 is 0. The normalized spacial score (nSPS) is 12.8. The van der Waals surface area contributed by atoms with E-state index in [1.54, 1.807) is 44.4 Å². The number of aliphatic hydroxyl groups is 1. The van der Waals surface area contributed by atoms with Crippen molar-refractivity contribution in [3.05, 3.63) is 71.5 Å². The number of hydrogen-bond donors (Lipinski definition) is 4. The van der Waals surface area contributed by atoms with Gasteiger partial charge in [0.1, 0.15) is 5.58 Å². The van der Waals surface area contributed by atoms with Gasteiger partial charge in [0.15, 0.2) is 0 Å². The molecule has 4 N–H and O–H groups in total. The van der Waals surface area contributed by atoms with Crippen LogP contribution in [0.25, 0.3) is 11.0 Å². The predicted octanol–water partition coefficient (Wildman–Crippen LogP) is 1.94. The lowest BCUT2D eigenvalue weighted by Gasteiger charge is -2.19. The lowest BCUT2D eigenvalue weighted by molar-refractivity contribution is -0.120. The van der Waals surface area contributed by atoms with Gasteiger partial charge in [0.25, 0.3) is 0 Å². The minimum atomic E-state index is -1.70. The molecule has 0 bridgehead atoms. The third-order valence-corrected chi connectivity index (χ3v) is 4.73. The average Bonchev–Trinajstić information content (AvgIpc) is 3.04. The standard InChI is InChI=1S/C21H24BNO5/c1-21(2,25)16-9-7-14(8-10-16)11-20(24)23-19(22(26)27)12-15-13-28-18-6-4-3-5-17(15)18/h3-10,13,19,25-27H,11-12H2,1-2H3,(H,23,24). The van der Waals surface area contributed by atoms with Crippen molar-refractivity contribution in [2.45, 2.75) is 38.2 Å². The monoisotopic (exact) mass is 381 g/mol. The fourth-order valence-electron chi connectivity index (χ4n) is 3.13. The minimum absolute atomic E-state index is 0.0987. The number of furan rings is 1. The molecule has 0 aliphatic heterocycles. The van der Waals surface area contributed by atoms with E-state index in [2.05, 4.69) is 5.32 Å². The predicted molar refractivity (Wildman–Crippen MR) is 107 cm³/mol. The molecule has 0 saturated heterocycles. The third kappa shape index (κ3) is 4.81. The van der Waals surface area contributed by atoms with Crippen LogP contribution in [0.3, 0.4) is 0 Å². The second-order valence-corrected chi connectivity index (χ2v) is 7.48. The smallest absolute Gasteiger partial charge is 0.464 e. The Labute approximate surface area is 164 Å². The van der Waals surface area contributed by atoms with Crippen LogP contribution >= 0.6 is 0 Å². The van der Waals surface area contributed by atoms with Crippen LogP contribution in [-0.2, 0) is 23.2 Å². The molecule has 2 aromatic carbocycles. The van der Waals surface area contributed by atoms with Crippen molar-refractivity contribution in [1.29, 1.82) is 0 Å². The summed E-state index contributed by atoms with van der Waals surface area (Å²) in [5, 5.41) is 33.0. The maximum atomic E-state index is 12.4. The van der Waals surface area contributed by atoms with Gasteiger partial charge in [0.05, 0.1) is 24.2 Å². The van der Waals surface area contributed by atoms with Gasteiger partial charge in [-0.15, -0.1) is 0 Å². The minimum Gasteiger partial charge on any atom is -0.464 e. The Kier molecular flexibility index (Phi) is 5.88. The van der Waals surface area contributed by atoms with Crippen LogP contribution in [0.2, 0.25) is 0 Å². The largest absolute Gasteiger partial charge is 0.475 e. The van der Waals surface area contributed by atoms with Gasteiger partial charge in [-0.05, 0) is 43.0 Å².